The Morgan fingerprint density at radius 3 is 3.00 bits per heavy atom. The van der Waals surface area contributed by atoms with E-state index in [1.807, 2.05) is 0 Å². The van der Waals surface area contributed by atoms with Crippen molar-refractivity contribution in [2.24, 2.45) is 4.99 Å². The Labute approximate surface area is 52.5 Å². The summed E-state index contributed by atoms with van der Waals surface area (Å²) >= 11 is 0. The third-order valence-electron chi connectivity index (χ3n) is 0.977. The number of hydrogen-bond acceptors (Lipinski definition) is 4. The van der Waals surface area contributed by atoms with Crippen molar-refractivity contribution in [3.05, 3.63) is 0 Å². The van der Waals surface area contributed by atoms with Crippen LogP contribution in [-0.2, 0) is 14.3 Å². The number of hydrogen-bond donors (Lipinski definition) is 0. The average molecular weight is 129 g/mol. The minimum Gasteiger partial charge on any atom is -0.482 e. The van der Waals surface area contributed by atoms with E-state index in [1.54, 1.807) is 0 Å². The van der Waals surface area contributed by atoms with Gasteiger partial charge in [0.15, 0.2) is 6.61 Å². The first-order valence-electron chi connectivity index (χ1n) is 2.56. The van der Waals surface area contributed by atoms with Crippen molar-refractivity contribution in [1.82, 2.24) is 0 Å². The number of rotatable bonds is 0. The maximum Gasteiger partial charge on any atom is 0.328 e. The Bertz CT molecular complexity index is 152. The summed E-state index contributed by atoms with van der Waals surface area (Å²) in [6, 6.07) is 0. The molecule has 4 heteroatoms. The second-order valence-corrected chi connectivity index (χ2v) is 1.57. The standard InChI is InChI=1S/C5H7NO3/c1-8-4-3-9-5(7)2-6-4/h2-3H2,1H3. The van der Waals surface area contributed by atoms with E-state index in [0.29, 0.717) is 5.90 Å². The molecular formula is C5H7NO3. The van der Waals surface area contributed by atoms with Gasteiger partial charge < -0.3 is 9.47 Å². The third kappa shape index (κ3) is 1.42. The van der Waals surface area contributed by atoms with Gasteiger partial charge in [-0.15, -0.1) is 0 Å². The molecule has 0 aliphatic carbocycles. The van der Waals surface area contributed by atoms with Gasteiger partial charge in [-0.25, -0.2) is 4.99 Å². The van der Waals surface area contributed by atoms with Crippen molar-refractivity contribution in [2.75, 3.05) is 20.3 Å². The minimum atomic E-state index is -0.296. The third-order valence-corrected chi connectivity index (χ3v) is 0.977. The number of nitrogens with zero attached hydrogens (tertiary/aromatic N) is 1. The largest absolute Gasteiger partial charge is 0.482 e. The predicted octanol–water partition coefficient (Wildman–Crippen LogP) is -0.412. The summed E-state index contributed by atoms with van der Waals surface area (Å²) in [5, 5.41) is 0. The molecule has 0 saturated heterocycles. The summed E-state index contributed by atoms with van der Waals surface area (Å²) in [7, 11) is 1.50. The molecule has 50 valence electrons. The molecule has 4 nitrogen and oxygen atoms in total. The predicted molar refractivity (Wildman–Crippen MR) is 30.3 cm³/mol. The number of esters is 1. The Kier molecular flexibility index (Phi) is 1.67. The molecule has 1 rings (SSSR count). The van der Waals surface area contributed by atoms with E-state index >= 15 is 0 Å². The van der Waals surface area contributed by atoms with Crippen LogP contribution in [0.2, 0.25) is 0 Å². The van der Waals surface area contributed by atoms with Gasteiger partial charge in [-0.05, 0) is 0 Å². The fourth-order valence-electron chi connectivity index (χ4n) is 0.510. The maximum atomic E-state index is 10.3. The monoisotopic (exact) mass is 129 g/mol. The molecule has 0 amide bonds. The number of carbonyl (C=O) groups is 1. The molecule has 0 unspecified atom stereocenters. The molecule has 0 atom stereocenters. The first-order chi connectivity index (χ1) is 4.33. The van der Waals surface area contributed by atoms with Gasteiger partial charge in [0.1, 0.15) is 6.54 Å². The van der Waals surface area contributed by atoms with Crippen LogP contribution in [0.5, 0.6) is 0 Å². The topological polar surface area (TPSA) is 47.9 Å². The fraction of sp³-hybridized carbons (Fsp3) is 0.600. The zero-order chi connectivity index (χ0) is 6.69. The molecule has 0 spiro atoms. The molecule has 0 N–H and O–H groups in total. The molecule has 0 fully saturated rings. The first kappa shape index (κ1) is 6.07. The van der Waals surface area contributed by atoms with Crippen LogP contribution >= 0.6 is 0 Å². The Morgan fingerprint density at radius 2 is 2.56 bits per heavy atom. The van der Waals surface area contributed by atoms with Crippen LogP contribution in [0.4, 0.5) is 0 Å². The zero-order valence-corrected chi connectivity index (χ0v) is 5.09. The molecular weight excluding hydrogens is 122 g/mol. The van der Waals surface area contributed by atoms with Crippen molar-refractivity contribution in [1.29, 1.82) is 0 Å². The summed E-state index contributed by atoms with van der Waals surface area (Å²) in [5.41, 5.74) is 0. The summed E-state index contributed by atoms with van der Waals surface area (Å²) in [6.45, 7) is 0.262. The number of ether oxygens (including phenoxy) is 2. The molecule has 0 aromatic heterocycles. The number of methoxy groups -OCH3 is 1. The van der Waals surface area contributed by atoms with E-state index in [1.165, 1.54) is 7.11 Å². The van der Waals surface area contributed by atoms with Gasteiger partial charge in [-0.1, -0.05) is 0 Å². The molecule has 9 heavy (non-hydrogen) atoms. The van der Waals surface area contributed by atoms with Gasteiger partial charge in [-0.2, -0.15) is 0 Å². The van der Waals surface area contributed by atoms with Gasteiger partial charge in [0.2, 0.25) is 5.90 Å². The van der Waals surface area contributed by atoms with E-state index in [-0.39, 0.29) is 19.1 Å². The van der Waals surface area contributed by atoms with E-state index in [2.05, 4.69) is 9.73 Å². The summed E-state index contributed by atoms with van der Waals surface area (Å²) in [4.78, 5) is 14.1. The lowest BCUT2D eigenvalue weighted by molar-refractivity contribution is -0.141. The molecule has 0 aromatic carbocycles. The highest BCUT2D eigenvalue weighted by molar-refractivity contribution is 5.86. The summed E-state index contributed by atoms with van der Waals surface area (Å²) in [6.07, 6.45) is 0. The molecule has 0 saturated carbocycles. The smallest absolute Gasteiger partial charge is 0.328 e. The number of aliphatic imine (C=N–C) groups is 1. The van der Waals surface area contributed by atoms with Gasteiger partial charge in [0.05, 0.1) is 7.11 Å². The molecule has 0 radical (unpaired) electrons. The molecule has 1 aliphatic heterocycles. The maximum absolute atomic E-state index is 10.3. The van der Waals surface area contributed by atoms with Crippen LogP contribution < -0.4 is 0 Å². The second-order valence-electron chi connectivity index (χ2n) is 1.57. The Morgan fingerprint density at radius 1 is 1.78 bits per heavy atom. The van der Waals surface area contributed by atoms with Gasteiger partial charge in [-0.3, -0.25) is 4.79 Å². The van der Waals surface area contributed by atoms with Crippen molar-refractivity contribution in [3.63, 3.8) is 0 Å². The van der Waals surface area contributed by atoms with Crippen LogP contribution in [0.1, 0.15) is 0 Å². The fourth-order valence-corrected chi connectivity index (χ4v) is 0.510. The Balaban J connectivity index is 2.50. The van der Waals surface area contributed by atoms with Crippen molar-refractivity contribution in [2.45, 2.75) is 0 Å². The van der Waals surface area contributed by atoms with E-state index in [0.717, 1.165) is 0 Å². The lowest BCUT2D eigenvalue weighted by Gasteiger charge is -2.09. The number of carbonyl (C=O) groups excluding carboxylic acids is 1. The first-order valence-corrected chi connectivity index (χ1v) is 2.56. The summed E-state index contributed by atoms with van der Waals surface area (Å²) < 4.78 is 9.30. The highest BCUT2D eigenvalue weighted by Gasteiger charge is 2.11. The SMILES string of the molecule is COC1=NCC(=O)OC1. The van der Waals surface area contributed by atoms with Crippen LogP contribution in [0.15, 0.2) is 4.99 Å². The second kappa shape index (κ2) is 2.48. The van der Waals surface area contributed by atoms with Crippen molar-refractivity contribution in [3.8, 4) is 0 Å². The number of cyclic esters (lactones) is 1. The lowest BCUT2D eigenvalue weighted by atomic mass is 10.5. The van der Waals surface area contributed by atoms with Gasteiger partial charge in [0, 0.05) is 0 Å². The Hall–Kier alpha value is -1.06. The summed E-state index contributed by atoms with van der Waals surface area (Å²) in [5.74, 6) is 0.186. The van der Waals surface area contributed by atoms with Crippen LogP contribution in [-0.4, -0.2) is 32.1 Å². The minimum absolute atomic E-state index is 0.0865. The molecule has 1 heterocycles. The van der Waals surface area contributed by atoms with Crippen molar-refractivity contribution >= 4 is 11.9 Å². The quantitative estimate of drug-likeness (QED) is 0.418. The molecule has 0 bridgehead atoms. The van der Waals surface area contributed by atoms with E-state index in [4.69, 9.17) is 4.74 Å². The van der Waals surface area contributed by atoms with Gasteiger partial charge in [0.25, 0.3) is 0 Å². The average Bonchev–Trinajstić information content (AvgIpc) is 1.90. The van der Waals surface area contributed by atoms with Crippen molar-refractivity contribution < 1.29 is 14.3 Å². The normalized spacial score (nSPS) is 18.3. The highest BCUT2D eigenvalue weighted by Crippen LogP contribution is 1.92. The molecule has 0 aromatic rings. The van der Waals surface area contributed by atoms with E-state index < -0.39 is 0 Å². The zero-order valence-electron chi connectivity index (χ0n) is 5.09. The van der Waals surface area contributed by atoms with E-state index in [9.17, 15) is 4.79 Å². The highest BCUT2D eigenvalue weighted by atomic mass is 16.6. The lowest BCUT2D eigenvalue weighted by Crippen LogP contribution is -2.23. The van der Waals surface area contributed by atoms with Crippen LogP contribution in [0.3, 0.4) is 0 Å². The van der Waals surface area contributed by atoms with Crippen LogP contribution in [0, 0.1) is 0 Å². The van der Waals surface area contributed by atoms with Gasteiger partial charge >= 0.3 is 5.97 Å². The molecule has 1 aliphatic rings. The van der Waals surface area contributed by atoms with Crippen LogP contribution in [0.25, 0.3) is 0 Å².